The molecule has 98 valence electrons. The zero-order valence-corrected chi connectivity index (χ0v) is 11.6. The Morgan fingerprint density at radius 1 is 1.12 bits per heavy atom. The van der Waals surface area contributed by atoms with Gasteiger partial charge in [0.15, 0.2) is 0 Å². The highest BCUT2D eigenvalue weighted by atomic mass is 35.5. The fourth-order valence-corrected chi connectivity index (χ4v) is 1.86. The number of piperazine rings is 1. The van der Waals surface area contributed by atoms with Crippen LogP contribution in [-0.4, -0.2) is 38.2 Å². The van der Waals surface area contributed by atoms with Gasteiger partial charge < -0.3 is 10.1 Å². The Morgan fingerprint density at radius 2 is 1.71 bits per heavy atom. The summed E-state index contributed by atoms with van der Waals surface area (Å²) < 4.78 is 5.14. The summed E-state index contributed by atoms with van der Waals surface area (Å²) in [6.07, 6.45) is 0. The number of benzene rings is 1. The van der Waals surface area contributed by atoms with Crippen molar-refractivity contribution in [3.8, 4) is 5.75 Å². The highest BCUT2D eigenvalue weighted by molar-refractivity contribution is 5.85. The van der Waals surface area contributed by atoms with E-state index >= 15 is 0 Å². The lowest BCUT2D eigenvalue weighted by molar-refractivity contribution is 0.233. The molecule has 1 aromatic rings. The van der Waals surface area contributed by atoms with Gasteiger partial charge in [-0.2, -0.15) is 0 Å². The van der Waals surface area contributed by atoms with Crippen molar-refractivity contribution in [2.24, 2.45) is 0 Å². The Labute approximate surface area is 115 Å². The maximum absolute atomic E-state index is 5.14. The van der Waals surface area contributed by atoms with Gasteiger partial charge in [0.1, 0.15) is 5.75 Å². The van der Waals surface area contributed by atoms with Crippen LogP contribution < -0.4 is 10.1 Å². The van der Waals surface area contributed by atoms with E-state index in [1.165, 1.54) is 5.56 Å². The summed E-state index contributed by atoms with van der Waals surface area (Å²) in [4.78, 5) is 2.47. The van der Waals surface area contributed by atoms with Crippen LogP contribution in [0.3, 0.4) is 0 Å². The molecule has 1 heterocycles. The minimum absolute atomic E-state index is 0. The standard InChI is InChI=1S/C12H18N2O.2ClH/c1-15-12-4-2-11(3-5-12)10-14-8-6-13-7-9-14;;/h2-5,13H,6-10H2,1H3;2*1H. The lowest BCUT2D eigenvalue weighted by Gasteiger charge is -2.27. The minimum Gasteiger partial charge on any atom is -0.497 e. The zero-order chi connectivity index (χ0) is 10.5. The normalized spacial score (nSPS) is 15.6. The fourth-order valence-electron chi connectivity index (χ4n) is 1.86. The summed E-state index contributed by atoms with van der Waals surface area (Å²) in [5.74, 6) is 0.930. The first kappa shape index (κ1) is 16.5. The summed E-state index contributed by atoms with van der Waals surface area (Å²) in [5, 5.41) is 3.36. The molecule has 0 unspecified atom stereocenters. The molecule has 1 fully saturated rings. The van der Waals surface area contributed by atoms with Crippen LogP contribution in [0.5, 0.6) is 5.75 Å². The third-order valence-corrected chi connectivity index (χ3v) is 2.77. The van der Waals surface area contributed by atoms with Gasteiger partial charge in [0.25, 0.3) is 0 Å². The summed E-state index contributed by atoms with van der Waals surface area (Å²) in [6, 6.07) is 8.33. The molecule has 0 radical (unpaired) electrons. The lowest BCUT2D eigenvalue weighted by Crippen LogP contribution is -2.42. The molecule has 0 saturated carbocycles. The second-order valence-corrected chi connectivity index (χ2v) is 3.87. The predicted octanol–water partition coefficient (Wildman–Crippen LogP) is 1.94. The molecule has 1 aliphatic heterocycles. The summed E-state index contributed by atoms with van der Waals surface area (Å²) in [6.45, 7) is 5.55. The van der Waals surface area contributed by atoms with Gasteiger partial charge in [0.2, 0.25) is 0 Å². The number of ether oxygens (including phenoxy) is 1. The van der Waals surface area contributed by atoms with Gasteiger partial charge in [-0.15, -0.1) is 24.8 Å². The van der Waals surface area contributed by atoms with Crippen LogP contribution in [0.1, 0.15) is 5.56 Å². The van der Waals surface area contributed by atoms with Gasteiger partial charge in [-0.1, -0.05) is 12.1 Å². The average molecular weight is 279 g/mol. The fraction of sp³-hybridized carbons (Fsp3) is 0.500. The van der Waals surface area contributed by atoms with Crippen molar-refractivity contribution in [3.63, 3.8) is 0 Å². The van der Waals surface area contributed by atoms with Crippen LogP contribution in [0.15, 0.2) is 24.3 Å². The predicted molar refractivity (Wildman–Crippen MR) is 75.6 cm³/mol. The maximum atomic E-state index is 5.14. The van der Waals surface area contributed by atoms with Crippen LogP contribution in [-0.2, 0) is 6.54 Å². The minimum atomic E-state index is 0. The summed E-state index contributed by atoms with van der Waals surface area (Å²) in [5.41, 5.74) is 1.36. The van der Waals surface area contributed by atoms with E-state index in [9.17, 15) is 0 Å². The maximum Gasteiger partial charge on any atom is 0.118 e. The molecule has 17 heavy (non-hydrogen) atoms. The number of methoxy groups -OCH3 is 1. The van der Waals surface area contributed by atoms with Gasteiger partial charge in [-0.3, -0.25) is 4.90 Å². The molecule has 0 atom stereocenters. The molecule has 3 nitrogen and oxygen atoms in total. The second kappa shape index (κ2) is 8.59. The molecule has 1 N–H and O–H groups in total. The van der Waals surface area contributed by atoms with Crippen molar-refractivity contribution < 1.29 is 4.74 Å². The SMILES string of the molecule is COc1ccc(CN2CCNCC2)cc1.Cl.Cl. The van der Waals surface area contributed by atoms with Gasteiger partial charge >= 0.3 is 0 Å². The molecule has 0 bridgehead atoms. The van der Waals surface area contributed by atoms with Crippen molar-refractivity contribution in [2.75, 3.05) is 33.3 Å². The van der Waals surface area contributed by atoms with E-state index in [2.05, 4.69) is 22.3 Å². The first-order valence-electron chi connectivity index (χ1n) is 5.44. The molecule has 0 aromatic heterocycles. The number of halogens is 2. The van der Waals surface area contributed by atoms with E-state index in [0.29, 0.717) is 0 Å². The number of hydrogen-bond donors (Lipinski definition) is 1. The van der Waals surface area contributed by atoms with E-state index < -0.39 is 0 Å². The van der Waals surface area contributed by atoms with Crippen LogP contribution in [0, 0.1) is 0 Å². The van der Waals surface area contributed by atoms with Gasteiger partial charge in [0.05, 0.1) is 7.11 Å². The van der Waals surface area contributed by atoms with E-state index in [1.54, 1.807) is 7.11 Å². The molecule has 5 heteroatoms. The highest BCUT2D eigenvalue weighted by Gasteiger charge is 2.09. The summed E-state index contributed by atoms with van der Waals surface area (Å²) in [7, 11) is 1.70. The van der Waals surface area contributed by atoms with Crippen molar-refractivity contribution in [2.45, 2.75) is 6.54 Å². The first-order chi connectivity index (χ1) is 7.38. The Morgan fingerprint density at radius 3 is 2.24 bits per heavy atom. The zero-order valence-electron chi connectivity index (χ0n) is 10.0. The Kier molecular flexibility index (Phi) is 8.35. The molecule has 2 rings (SSSR count). The molecular weight excluding hydrogens is 259 g/mol. The van der Waals surface area contributed by atoms with E-state index in [-0.39, 0.29) is 24.8 Å². The van der Waals surface area contributed by atoms with Crippen molar-refractivity contribution in [1.29, 1.82) is 0 Å². The monoisotopic (exact) mass is 278 g/mol. The quantitative estimate of drug-likeness (QED) is 0.915. The first-order valence-corrected chi connectivity index (χ1v) is 5.44. The van der Waals surface area contributed by atoms with E-state index in [4.69, 9.17) is 4.74 Å². The van der Waals surface area contributed by atoms with Gasteiger partial charge in [0, 0.05) is 32.7 Å². The molecule has 0 spiro atoms. The largest absolute Gasteiger partial charge is 0.497 e. The molecule has 0 amide bonds. The van der Waals surface area contributed by atoms with Crippen molar-refractivity contribution in [1.82, 2.24) is 10.2 Å². The molecule has 1 aromatic carbocycles. The average Bonchev–Trinajstić information content (AvgIpc) is 2.31. The van der Waals surface area contributed by atoms with E-state index in [0.717, 1.165) is 38.5 Å². The van der Waals surface area contributed by atoms with Crippen molar-refractivity contribution in [3.05, 3.63) is 29.8 Å². The molecular formula is C12H20Cl2N2O. The number of nitrogens with zero attached hydrogens (tertiary/aromatic N) is 1. The second-order valence-electron chi connectivity index (χ2n) is 3.87. The smallest absolute Gasteiger partial charge is 0.118 e. The van der Waals surface area contributed by atoms with Gasteiger partial charge in [-0.05, 0) is 17.7 Å². The van der Waals surface area contributed by atoms with Crippen LogP contribution in [0.25, 0.3) is 0 Å². The Hall–Kier alpha value is -0.480. The number of rotatable bonds is 3. The number of hydrogen-bond acceptors (Lipinski definition) is 3. The van der Waals surface area contributed by atoms with Crippen LogP contribution in [0.4, 0.5) is 0 Å². The third-order valence-electron chi connectivity index (χ3n) is 2.77. The molecule has 1 saturated heterocycles. The number of nitrogens with one attached hydrogen (secondary N) is 1. The van der Waals surface area contributed by atoms with Crippen LogP contribution >= 0.6 is 24.8 Å². The van der Waals surface area contributed by atoms with E-state index in [1.807, 2.05) is 12.1 Å². The van der Waals surface area contributed by atoms with Crippen LogP contribution in [0.2, 0.25) is 0 Å². The third kappa shape index (κ3) is 5.13. The highest BCUT2D eigenvalue weighted by Crippen LogP contribution is 2.13. The van der Waals surface area contributed by atoms with Crippen molar-refractivity contribution >= 4 is 24.8 Å². The Bertz CT molecular complexity index is 300. The molecule has 0 aliphatic carbocycles. The molecule has 1 aliphatic rings. The Balaban J connectivity index is 0.00000128. The topological polar surface area (TPSA) is 24.5 Å². The summed E-state index contributed by atoms with van der Waals surface area (Å²) >= 11 is 0. The van der Waals surface area contributed by atoms with Gasteiger partial charge in [-0.25, -0.2) is 0 Å². The lowest BCUT2D eigenvalue weighted by atomic mass is 10.2.